The fraction of sp³-hybridized carbons (Fsp3) is 0.375. The lowest BCUT2D eigenvalue weighted by Crippen LogP contribution is -2.28. The molecular formula is C16H20N2O3. The van der Waals surface area contributed by atoms with Gasteiger partial charge in [0, 0.05) is 12.6 Å². The maximum atomic E-state index is 11.8. The van der Waals surface area contributed by atoms with E-state index in [1.165, 1.54) is 5.56 Å². The van der Waals surface area contributed by atoms with Crippen molar-refractivity contribution in [2.24, 2.45) is 0 Å². The third-order valence-electron chi connectivity index (χ3n) is 3.30. The van der Waals surface area contributed by atoms with Crippen LogP contribution in [0.15, 0.2) is 34.9 Å². The number of rotatable bonds is 5. The van der Waals surface area contributed by atoms with Crippen LogP contribution in [0.5, 0.6) is 0 Å². The molecule has 0 radical (unpaired) electrons. The van der Waals surface area contributed by atoms with Gasteiger partial charge in [-0.15, -0.1) is 0 Å². The number of benzene rings is 1. The number of aromatic nitrogens is 1. The Balaban J connectivity index is 1.92. The number of nitrogens with zero attached hydrogens (tertiary/aromatic N) is 1. The second kappa shape index (κ2) is 6.54. The Bertz CT molecular complexity index is 602. The van der Waals surface area contributed by atoms with E-state index in [4.69, 9.17) is 4.52 Å². The number of carbonyl (C=O) groups is 1. The van der Waals surface area contributed by atoms with Crippen molar-refractivity contribution in [2.45, 2.75) is 32.8 Å². The molecule has 2 aromatic rings. The minimum absolute atomic E-state index is 0.125. The molecule has 1 aromatic heterocycles. The normalized spacial score (nSPS) is 12.4. The summed E-state index contributed by atoms with van der Waals surface area (Å²) in [6, 6.07) is 9.30. The second-order valence-corrected chi connectivity index (χ2v) is 5.38. The molecule has 1 unspecified atom stereocenters. The zero-order valence-corrected chi connectivity index (χ0v) is 12.5. The van der Waals surface area contributed by atoms with Crippen molar-refractivity contribution in [2.75, 3.05) is 6.54 Å². The Morgan fingerprint density at radius 3 is 2.43 bits per heavy atom. The molecule has 2 N–H and O–H groups in total. The molecule has 1 aromatic carbocycles. The molecule has 1 heterocycles. The third kappa shape index (κ3) is 3.92. The van der Waals surface area contributed by atoms with Gasteiger partial charge >= 0.3 is 0 Å². The summed E-state index contributed by atoms with van der Waals surface area (Å²) >= 11 is 0. The van der Waals surface area contributed by atoms with Crippen LogP contribution in [0.25, 0.3) is 0 Å². The van der Waals surface area contributed by atoms with Gasteiger partial charge in [0.25, 0.3) is 5.91 Å². The molecule has 0 fully saturated rings. The van der Waals surface area contributed by atoms with Crippen molar-refractivity contribution in [1.82, 2.24) is 10.5 Å². The molecule has 0 aliphatic heterocycles. The highest BCUT2D eigenvalue weighted by atomic mass is 16.5. The Morgan fingerprint density at radius 2 is 1.90 bits per heavy atom. The Morgan fingerprint density at radius 1 is 1.29 bits per heavy atom. The molecule has 0 saturated heterocycles. The zero-order chi connectivity index (χ0) is 15.4. The summed E-state index contributed by atoms with van der Waals surface area (Å²) in [7, 11) is 0. The SMILES string of the molecule is Cc1cc(C(=O)NCC(O)c2ccc(C(C)C)cc2)on1. The van der Waals surface area contributed by atoms with E-state index in [1.54, 1.807) is 13.0 Å². The second-order valence-electron chi connectivity index (χ2n) is 5.38. The van der Waals surface area contributed by atoms with Gasteiger partial charge in [-0.1, -0.05) is 43.3 Å². The van der Waals surface area contributed by atoms with Crippen molar-refractivity contribution < 1.29 is 14.4 Å². The molecule has 0 aliphatic rings. The van der Waals surface area contributed by atoms with Crippen LogP contribution >= 0.6 is 0 Å². The first-order valence-electron chi connectivity index (χ1n) is 6.97. The zero-order valence-electron chi connectivity index (χ0n) is 12.5. The van der Waals surface area contributed by atoms with Crippen molar-refractivity contribution >= 4 is 5.91 Å². The largest absolute Gasteiger partial charge is 0.387 e. The summed E-state index contributed by atoms with van der Waals surface area (Å²) in [5.74, 6) is 0.217. The molecule has 0 saturated carbocycles. The van der Waals surface area contributed by atoms with Crippen LogP contribution in [0.3, 0.4) is 0 Å². The summed E-state index contributed by atoms with van der Waals surface area (Å²) in [5, 5.41) is 16.4. The summed E-state index contributed by atoms with van der Waals surface area (Å²) in [6.45, 7) is 6.10. The topological polar surface area (TPSA) is 75.4 Å². The molecule has 112 valence electrons. The summed E-state index contributed by atoms with van der Waals surface area (Å²) in [6.07, 6.45) is -0.751. The number of aliphatic hydroxyl groups is 1. The minimum atomic E-state index is -0.751. The number of amides is 1. The number of aryl methyl sites for hydroxylation is 1. The van der Waals surface area contributed by atoms with Gasteiger partial charge in [0.15, 0.2) is 0 Å². The molecular weight excluding hydrogens is 268 g/mol. The molecule has 2 rings (SSSR count). The highest BCUT2D eigenvalue weighted by Crippen LogP contribution is 2.18. The fourth-order valence-electron chi connectivity index (χ4n) is 1.97. The molecule has 21 heavy (non-hydrogen) atoms. The molecule has 0 spiro atoms. The first-order valence-corrected chi connectivity index (χ1v) is 6.97. The average molecular weight is 288 g/mol. The van der Waals surface area contributed by atoms with Gasteiger partial charge in [-0.25, -0.2) is 0 Å². The predicted molar refractivity (Wildman–Crippen MR) is 79.1 cm³/mol. The molecule has 5 heteroatoms. The maximum Gasteiger partial charge on any atom is 0.290 e. The van der Waals surface area contributed by atoms with E-state index in [0.29, 0.717) is 11.6 Å². The van der Waals surface area contributed by atoms with Crippen LogP contribution in [0.1, 0.15) is 53.2 Å². The third-order valence-corrected chi connectivity index (χ3v) is 3.30. The summed E-state index contributed by atoms with van der Waals surface area (Å²) in [4.78, 5) is 11.8. The van der Waals surface area contributed by atoms with E-state index < -0.39 is 6.10 Å². The number of hydrogen-bond acceptors (Lipinski definition) is 4. The highest BCUT2D eigenvalue weighted by Gasteiger charge is 2.14. The molecule has 0 aliphatic carbocycles. The smallest absolute Gasteiger partial charge is 0.290 e. The van der Waals surface area contributed by atoms with Gasteiger partial charge in [0.2, 0.25) is 5.76 Å². The standard InChI is InChI=1S/C16H20N2O3/c1-10(2)12-4-6-13(7-5-12)14(19)9-17-16(20)15-8-11(3)18-21-15/h4-8,10,14,19H,9H2,1-3H3,(H,17,20). The van der Waals surface area contributed by atoms with E-state index in [9.17, 15) is 9.90 Å². The van der Waals surface area contributed by atoms with Crippen molar-refractivity contribution in [1.29, 1.82) is 0 Å². The van der Waals surface area contributed by atoms with Crippen LogP contribution in [-0.2, 0) is 0 Å². The van der Waals surface area contributed by atoms with Crippen LogP contribution in [0.4, 0.5) is 0 Å². The predicted octanol–water partition coefficient (Wildman–Crippen LogP) is 2.57. The van der Waals surface area contributed by atoms with Crippen molar-refractivity contribution in [3.63, 3.8) is 0 Å². The molecule has 0 bridgehead atoms. The van der Waals surface area contributed by atoms with Crippen molar-refractivity contribution in [3.05, 3.63) is 52.9 Å². The van der Waals surface area contributed by atoms with Crippen molar-refractivity contribution in [3.8, 4) is 0 Å². The lowest BCUT2D eigenvalue weighted by Gasteiger charge is -2.13. The van der Waals surface area contributed by atoms with Gasteiger partial charge in [0.1, 0.15) is 0 Å². The number of carbonyl (C=O) groups excluding carboxylic acids is 1. The molecule has 1 atom stereocenters. The van der Waals surface area contributed by atoms with E-state index >= 15 is 0 Å². The number of aliphatic hydroxyl groups excluding tert-OH is 1. The number of nitrogens with one attached hydrogen (secondary N) is 1. The Hall–Kier alpha value is -2.14. The first-order chi connectivity index (χ1) is 9.97. The Labute approximate surface area is 124 Å². The monoisotopic (exact) mass is 288 g/mol. The van der Waals surface area contributed by atoms with Gasteiger partial charge in [-0.3, -0.25) is 4.79 Å². The quantitative estimate of drug-likeness (QED) is 0.886. The van der Waals surface area contributed by atoms with E-state index in [0.717, 1.165) is 5.56 Å². The van der Waals surface area contributed by atoms with Crippen LogP contribution in [0, 0.1) is 6.92 Å². The first kappa shape index (κ1) is 15.3. The van der Waals surface area contributed by atoms with Gasteiger partial charge in [0.05, 0.1) is 11.8 Å². The number of hydrogen-bond donors (Lipinski definition) is 2. The van der Waals surface area contributed by atoms with Gasteiger partial charge < -0.3 is 14.9 Å². The van der Waals surface area contributed by atoms with Crippen LogP contribution < -0.4 is 5.32 Å². The lowest BCUT2D eigenvalue weighted by molar-refractivity contribution is 0.0880. The summed E-state index contributed by atoms with van der Waals surface area (Å²) in [5.41, 5.74) is 2.63. The minimum Gasteiger partial charge on any atom is -0.387 e. The lowest BCUT2D eigenvalue weighted by atomic mass is 10.00. The van der Waals surface area contributed by atoms with Gasteiger partial charge in [-0.05, 0) is 24.0 Å². The maximum absolute atomic E-state index is 11.8. The van der Waals surface area contributed by atoms with Crippen LogP contribution in [-0.4, -0.2) is 22.7 Å². The fourth-order valence-corrected chi connectivity index (χ4v) is 1.97. The van der Waals surface area contributed by atoms with Gasteiger partial charge in [-0.2, -0.15) is 0 Å². The summed E-state index contributed by atoms with van der Waals surface area (Å²) < 4.78 is 4.86. The van der Waals surface area contributed by atoms with E-state index in [-0.39, 0.29) is 18.2 Å². The molecule has 5 nitrogen and oxygen atoms in total. The average Bonchev–Trinajstić information content (AvgIpc) is 2.91. The molecule has 1 amide bonds. The Kier molecular flexibility index (Phi) is 4.75. The van der Waals surface area contributed by atoms with E-state index in [2.05, 4.69) is 24.3 Å². The van der Waals surface area contributed by atoms with E-state index in [1.807, 2.05) is 24.3 Å². The highest BCUT2D eigenvalue weighted by molar-refractivity contribution is 5.91. The van der Waals surface area contributed by atoms with Crippen LogP contribution in [0.2, 0.25) is 0 Å².